The number of hydrogen-bond acceptors (Lipinski definition) is 4. The summed E-state index contributed by atoms with van der Waals surface area (Å²) >= 11 is 1.72. The van der Waals surface area contributed by atoms with Gasteiger partial charge in [-0.25, -0.2) is 9.67 Å². The molecule has 6 heteroatoms. The van der Waals surface area contributed by atoms with Crippen LogP contribution in [0.2, 0.25) is 0 Å². The Morgan fingerprint density at radius 1 is 0.720 bits per heavy atom. The number of para-hydroxylation sites is 1. The van der Waals surface area contributed by atoms with E-state index in [4.69, 9.17) is 14.8 Å². The highest BCUT2D eigenvalue weighted by atomic mass is 32.2. The Kier molecular flexibility index (Phi) is 9.32. The molecule has 7 rings (SSSR count). The van der Waals surface area contributed by atoms with Gasteiger partial charge in [-0.15, -0.1) is 11.8 Å². The molecule has 5 nitrogen and oxygen atoms in total. The van der Waals surface area contributed by atoms with Crippen molar-refractivity contribution in [1.82, 2.24) is 19.3 Å². The van der Waals surface area contributed by atoms with Gasteiger partial charge in [0, 0.05) is 45.8 Å². The first-order valence-corrected chi connectivity index (χ1v) is 18.8. The van der Waals surface area contributed by atoms with Crippen molar-refractivity contribution >= 4 is 33.6 Å². The minimum atomic E-state index is 0.558. The van der Waals surface area contributed by atoms with Crippen LogP contribution in [0, 0.1) is 32.6 Å². The van der Waals surface area contributed by atoms with Gasteiger partial charge in [0.15, 0.2) is 0 Å². The van der Waals surface area contributed by atoms with Crippen molar-refractivity contribution in [3.8, 4) is 34.1 Å². The van der Waals surface area contributed by atoms with E-state index in [0.717, 1.165) is 52.3 Å². The Labute approximate surface area is 300 Å². The fourth-order valence-electron chi connectivity index (χ4n) is 7.29. The van der Waals surface area contributed by atoms with Crippen LogP contribution < -0.4 is 4.74 Å². The Bertz CT molecular complexity index is 2310. The first-order chi connectivity index (χ1) is 24.1. The number of nitrogens with zero attached hydrogens (tertiary/aromatic N) is 4. The smallest absolute Gasteiger partial charge is 0.138 e. The van der Waals surface area contributed by atoms with E-state index < -0.39 is 0 Å². The number of pyridine rings is 1. The number of rotatable bonds is 10. The zero-order valence-corrected chi connectivity index (χ0v) is 31.2. The molecule has 254 valence electrons. The molecule has 0 atom stereocenters. The summed E-state index contributed by atoms with van der Waals surface area (Å²) in [6, 6.07) is 27.2. The number of benzene rings is 4. The lowest BCUT2D eigenvalue weighted by Crippen LogP contribution is -2.09. The zero-order chi connectivity index (χ0) is 35.1. The molecular formula is C44H46N4OS. The average Bonchev–Trinajstić information content (AvgIpc) is 3.72. The normalized spacial score (nSPS) is 11.8. The molecule has 50 heavy (non-hydrogen) atoms. The fraction of sp³-hybridized carbons (Fsp3) is 0.273. The molecule has 3 aromatic heterocycles. The summed E-state index contributed by atoms with van der Waals surface area (Å²) in [6.07, 6.45) is 10.3. The summed E-state index contributed by atoms with van der Waals surface area (Å²) in [4.78, 5) is 5.94. The van der Waals surface area contributed by atoms with Crippen LogP contribution in [0.3, 0.4) is 0 Å². The molecule has 0 saturated heterocycles. The van der Waals surface area contributed by atoms with E-state index in [1.165, 1.54) is 49.2 Å². The topological polar surface area (TPSA) is 44.9 Å². The van der Waals surface area contributed by atoms with E-state index in [-0.39, 0.29) is 0 Å². The van der Waals surface area contributed by atoms with Crippen LogP contribution in [0.15, 0.2) is 102 Å². The Morgan fingerprint density at radius 3 is 2.14 bits per heavy atom. The van der Waals surface area contributed by atoms with Gasteiger partial charge < -0.3 is 4.74 Å². The molecule has 0 unspecified atom stereocenters. The maximum atomic E-state index is 6.56. The molecule has 0 bridgehead atoms. The van der Waals surface area contributed by atoms with Gasteiger partial charge in [0.2, 0.25) is 0 Å². The summed E-state index contributed by atoms with van der Waals surface area (Å²) < 4.78 is 10.8. The van der Waals surface area contributed by atoms with Crippen LogP contribution in [0.4, 0.5) is 0 Å². The third-order valence-electron chi connectivity index (χ3n) is 9.87. The maximum absolute atomic E-state index is 6.56. The van der Waals surface area contributed by atoms with Gasteiger partial charge in [-0.3, -0.25) is 4.57 Å². The van der Waals surface area contributed by atoms with Gasteiger partial charge in [0.1, 0.15) is 17.3 Å². The molecular weight excluding hydrogens is 633 g/mol. The molecule has 0 fully saturated rings. The highest BCUT2D eigenvalue weighted by Crippen LogP contribution is 2.39. The minimum Gasteiger partial charge on any atom is -0.457 e. The lowest BCUT2D eigenvalue weighted by atomic mass is 9.80. The largest absolute Gasteiger partial charge is 0.457 e. The highest BCUT2D eigenvalue weighted by molar-refractivity contribution is 7.98. The summed E-state index contributed by atoms with van der Waals surface area (Å²) in [5, 5.41) is 7.26. The molecule has 0 N–H and O–H groups in total. The SMILES string of the molecule is CSc1ccnc(-n2c3ccccc3c3ccc(Oc4cccc(-n5cc(-c6c(CC(C)C)c(C)c(C)c(C)c6CC(C)C)cn5)c4)cc32)c1. The Balaban J connectivity index is 1.26. The first-order valence-electron chi connectivity index (χ1n) is 17.6. The Morgan fingerprint density at radius 2 is 1.42 bits per heavy atom. The van der Waals surface area contributed by atoms with Gasteiger partial charge in [-0.1, -0.05) is 52.0 Å². The third kappa shape index (κ3) is 6.33. The van der Waals surface area contributed by atoms with Crippen LogP contribution in [-0.4, -0.2) is 25.6 Å². The number of aromatic nitrogens is 4. The molecule has 0 spiro atoms. The van der Waals surface area contributed by atoms with Gasteiger partial charge in [0.25, 0.3) is 0 Å². The van der Waals surface area contributed by atoms with Crippen molar-refractivity contribution in [3.05, 3.63) is 125 Å². The van der Waals surface area contributed by atoms with Crippen LogP contribution >= 0.6 is 11.8 Å². The zero-order valence-electron chi connectivity index (χ0n) is 30.4. The maximum Gasteiger partial charge on any atom is 0.138 e. The second-order valence-corrected chi connectivity index (χ2v) is 15.1. The van der Waals surface area contributed by atoms with Crippen LogP contribution in [0.25, 0.3) is 44.4 Å². The number of thioether (sulfide) groups is 1. The molecule has 0 aliphatic carbocycles. The van der Waals surface area contributed by atoms with E-state index in [1.807, 2.05) is 35.3 Å². The summed E-state index contributed by atoms with van der Waals surface area (Å²) in [6.45, 7) is 16.1. The van der Waals surface area contributed by atoms with Crippen LogP contribution in [0.5, 0.6) is 11.5 Å². The summed E-state index contributed by atoms with van der Waals surface area (Å²) in [5.74, 6) is 3.53. The van der Waals surface area contributed by atoms with Crippen LogP contribution in [-0.2, 0) is 12.8 Å². The molecule has 0 radical (unpaired) electrons. The molecule has 3 heterocycles. The summed E-state index contributed by atoms with van der Waals surface area (Å²) in [7, 11) is 0. The van der Waals surface area contributed by atoms with Crippen molar-refractivity contribution < 1.29 is 4.74 Å². The van der Waals surface area contributed by atoms with Gasteiger partial charge in [0.05, 0.1) is 22.9 Å². The minimum absolute atomic E-state index is 0.558. The summed E-state index contributed by atoms with van der Waals surface area (Å²) in [5.41, 5.74) is 12.8. The van der Waals surface area contributed by atoms with E-state index >= 15 is 0 Å². The molecule has 0 saturated carbocycles. The lowest BCUT2D eigenvalue weighted by Gasteiger charge is -2.24. The van der Waals surface area contributed by atoms with Crippen molar-refractivity contribution in [2.45, 2.75) is 66.2 Å². The number of ether oxygens (including phenoxy) is 1. The van der Waals surface area contributed by atoms with E-state index in [2.05, 4.69) is 126 Å². The quantitative estimate of drug-likeness (QED) is 0.135. The fourth-order valence-corrected chi connectivity index (χ4v) is 7.71. The molecule has 0 amide bonds. The second kappa shape index (κ2) is 13.8. The molecule has 7 aromatic rings. The van der Waals surface area contributed by atoms with E-state index in [1.54, 1.807) is 11.8 Å². The van der Waals surface area contributed by atoms with Crippen molar-refractivity contribution in [2.24, 2.45) is 11.8 Å². The van der Waals surface area contributed by atoms with Crippen molar-refractivity contribution in [1.29, 1.82) is 0 Å². The van der Waals surface area contributed by atoms with Gasteiger partial charge in [-0.2, -0.15) is 5.10 Å². The van der Waals surface area contributed by atoms with Crippen LogP contribution in [0.1, 0.15) is 55.5 Å². The van der Waals surface area contributed by atoms with E-state index in [0.29, 0.717) is 11.8 Å². The Hall–Kier alpha value is -4.81. The average molecular weight is 679 g/mol. The lowest BCUT2D eigenvalue weighted by molar-refractivity contribution is 0.483. The van der Waals surface area contributed by atoms with Gasteiger partial charge in [-0.05, 0) is 128 Å². The van der Waals surface area contributed by atoms with Gasteiger partial charge >= 0.3 is 0 Å². The predicted molar refractivity (Wildman–Crippen MR) is 211 cm³/mol. The first kappa shape index (κ1) is 33.7. The third-order valence-corrected chi connectivity index (χ3v) is 10.6. The number of hydrogen-bond donors (Lipinski definition) is 0. The molecule has 0 aliphatic heterocycles. The monoisotopic (exact) mass is 678 g/mol. The van der Waals surface area contributed by atoms with Crippen molar-refractivity contribution in [3.63, 3.8) is 0 Å². The molecule has 0 aliphatic rings. The predicted octanol–water partition coefficient (Wildman–Crippen LogP) is 11.9. The van der Waals surface area contributed by atoms with E-state index in [9.17, 15) is 0 Å². The van der Waals surface area contributed by atoms with Crippen molar-refractivity contribution in [2.75, 3.05) is 6.26 Å². The second-order valence-electron chi connectivity index (χ2n) is 14.3. The highest BCUT2D eigenvalue weighted by Gasteiger charge is 2.22. The standard InChI is InChI=1S/C44H46N4OS/c1-27(2)20-39-30(6)29(5)31(7)40(21-28(3)4)44(39)32-25-46-47(26-32)33-12-11-13-34(22-33)49-35-16-17-38-37-14-9-10-15-41(37)48(42(38)23-35)43-24-36(50-8)18-19-45-43/h9-19,22-28H,20-21H2,1-8H3. The molecule has 4 aromatic carbocycles. The number of fused-ring (bicyclic) bond motifs is 3.